The summed E-state index contributed by atoms with van der Waals surface area (Å²) < 4.78 is 0. The van der Waals surface area contributed by atoms with Crippen molar-refractivity contribution in [2.24, 2.45) is 5.41 Å². The number of rotatable bonds is 2. The van der Waals surface area contributed by atoms with Crippen molar-refractivity contribution < 1.29 is 4.79 Å². The highest BCUT2D eigenvalue weighted by Gasteiger charge is 2.39. The molecule has 0 aliphatic carbocycles. The van der Waals surface area contributed by atoms with Gasteiger partial charge in [0, 0.05) is 38.4 Å². The predicted octanol–water partition coefficient (Wildman–Crippen LogP) is 1.95. The Bertz CT molecular complexity index is 555. The van der Waals surface area contributed by atoms with Crippen LogP contribution in [0, 0.1) is 19.3 Å². The van der Waals surface area contributed by atoms with Crippen LogP contribution in [-0.4, -0.2) is 50.1 Å². The van der Waals surface area contributed by atoms with Gasteiger partial charge in [0.2, 0.25) is 5.91 Å². The molecule has 4 nitrogen and oxygen atoms in total. The third kappa shape index (κ3) is 2.72. The van der Waals surface area contributed by atoms with E-state index < -0.39 is 0 Å². The maximum Gasteiger partial charge on any atom is 0.229 e. The minimum atomic E-state index is -0.193. The lowest BCUT2D eigenvalue weighted by molar-refractivity contribution is -0.140. The van der Waals surface area contributed by atoms with Crippen molar-refractivity contribution in [3.8, 4) is 0 Å². The molecule has 120 valence electrons. The molecule has 1 unspecified atom stereocenters. The van der Waals surface area contributed by atoms with Gasteiger partial charge >= 0.3 is 0 Å². The number of carbonyl (C=O) groups is 1. The van der Waals surface area contributed by atoms with Crippen LogP contribution in [0.1, 0.15) is 24.5 Å². The summed E-state index contributed by atoms with van der Waals surface area (Å²) in [5, 5.41) is 3.32. The third-order valence-electron chi connectivity index (χ3n) is 5.37. The molecule has 0 saturated carbocycles. The molecule has 2 saturated heterocycles. The second kappa shape index (κ2) is 5.92. The fraction of sp³-hybridized carbons (Fsp3) is 0.611. The smallest absolute Gasteiger partial charge is 0.229 e. The van der Waals surface area contributed by atoms with E-state index in [9.17, 15) is 4.79 Å². The van der Waals surface area contributed by atoms with Crippen LogP contribution in [0.2, 0.25) is 0 Å². The summed E-state index contributed by atoms with van der Waals surface area (Å²) >= 11 is 0. The first-order valence-electron chi connectivity index (χ1n) is 8.32. The Hall–Kier alpha value is -1.55. The first-order chi connectivity index (χ1) is 10.5. The molecule has 1 aromatic carbocycles. The fourth-order valence-corrected chi connectivity index (χ4v) is 3.61. The molecule has 0 aromatic heterocycles. The van der Waals surface area contributed by atoms with Gasteiger partial charge in [-0.15, -0.1) is 0 Å². The Kier molecular flexibility index (Phi) is 4.13. The van der Waals surface area contributed by atoms with Gasteiger partial charge in [-0.05, 0) is 50.9 Å². The van der Waals surface area contributed by atoms with Crippen molar-refractivity contribution in [1.82, 2.24) is 10.2 Å². The van der Waals surface area contributed by atoms with Crippen LogP contribution in [0.15, 0.2) is 18.2 Å². The SMILES string of the molecule is Cc1cccc(N2CCN(C(=O)C3(C)CCNC3)CC2)c1C. The first kappa shape index (κ1) is 15.3. The number of nitrogens with one attached hydrogen (secondary N) is 1. The lowest BCUT2D eigenvalue weighted by Crippen LogP contribution is -2.53. The number of anilines is 1. The van der Waals surface area contributed by atoms with Crippen LogP contribution >= 0.6 is 0 Å². The van der Waals surface area contributed by atoms with Gasteiger partial charge in [-0.2, -0.15) is 0 Å². The van der Waals surface area contributed by atoms with Gasteiger partial charge in [0.25, 0.3) is 0 Å². The number of hydrogen-bond donors (Lipinski definition) is 1. The third-order valence-corrected chi connectivity index (χ3v) is 5.37. The molecule has 0 bridgehead atoms. The Morgan fingerprint density at radius 3 is 2.55 bits per heavy atom. The van der Waals surface area contributed by atoms with Gasteiger partial charge < -0.3 is 15.1 Å². The molecular formula is C18H27N3O. The van der Waals surface area contributed by atoms with Crippen LogP contribution in [0.3, 0.4) is 0 Å². The Morgan fingerprint density at radius 2 is 1.91 bits per heavy atom. The van der Waals surface area contributed by atoms with Crippen molar-refractivity contribution in [1.29, 1.82) is 0 Å². The minimum absolute atomic E-state index is 0.193. The number of aryl methyl sites for hydroxylation is 1. The summed E-state index contributed by atoms with van der Waals surface area (Å²) in [6.07, 6.45) is 0.961. The standard InChI is InChI=1S/C18H27N3O/c1-14-5-4-6-16(15(14)2)20-9-11-21(12-10-20)17(22)18(3)7-8-19-13-18/h4-6,19H,7-13H2,1-3H3. The summed E-state index contributed by atoms with van der Waals surface area (Å²) in [5.41, 5.74) is 3.82. The maximum atomic E-state index is 12.8. The molecule has 1 atom stereocenters. The van der Waals surface area contributed by atoms with E-state index in [1.54, 1.807) is 0 Å². The zero-order valence-corrected chi connectivity index (χ0v) is 14.0. The molecule has 22 heavy (non-hydrogen) atoms. The second-order valence-corrected chi connectivity index (χ2v) is 6.99. The van der Waals surface area contributed by atoms with E-state index in [0.29, 0.717) is 5.91 Å². The van der Waals surface area contributed by atoms with Gasteiger partial charge in [0.05, 0.1) is 5.41 Å². The highest BCUT2D eigenvalue weighted by atomic mass is 16.2. The second-order valence-electron chi connectivity index (χ2n) is 6.99. The summed E-state index contributed by atoms with van der Waals surface area (Å²) in [6.45, 7) is 11.8. The van der Waals surface area contributed by atoms with Crippen LogP contribution in [0.25, 0.3) is 0 Å². The van der Waals surface area contributed by atoms with Crippen LogP contribution in [0.4, 0.5) is 5.69 Å². The molecule has 4 heteroatoms. The van der Waals surface area contributed by atoms with E-state index in [0.717, 1.165) is 45.7 Å². The van der Waals surface area contributed by atoms with Crippen molar-refractivity contribution in [2.45, 2.75) is 27.2 Å². The van der Waals surface area contributed by atoms with Crippen molar-refractivity contribution in [3.63, 3.8) is 0 Å². The van der Waals surface area contributed by atoms with Gasteiger partial charge in [-0.3, -0.25) is 4.79 Å². The monoisotopic (exact) mass is 301 g/mol. The molecule has 1 N–H and O–H groups in total. The topological polar surface area (TPSA) is 35.6 Å². The molecule has 1 aromatic rings. The van der Waals surface area contributed by atoms with Crippen LogP contribution in [0.5, 0.6) is 0 Å². The maximum absolute atomic E-state index is 12.8. The lowest BCUT2D eigenvalue weighted by Gasteiger charge is -2.40. The molecule has 3 rings (SSSR count). The Labute approximate surface area is 133 Å². The Morgan fingerprint density at radius 1 is 1.18 bits per heavy atom. The summed E-state index contributed by atoms with van der Waals surface area (Å²) in [6, 6.07) is 6.48. The van der Waals surface area contributed by atoms with E-state index in [4.69, 9.17) is 0 Å². The molecule has 0 radical (unpaired) electrons. The zero-order chi connectivity index (χ0) is 15.7. The van der Waals surface area contributed by atoms with E-state index >= 15 is 0 Å². The largest absolute Gasteiger partial charge is 0.368 e. The molecule has 0 spiro atoms. The van der Waals surface area contributed by atoms with Crippen molar-refractivity contribution in [3.05, 3.63) is 29.3 Å². The molecule has 2 aliphatic rings. The quantitative estimate of drug-likeness (QED) is 0.907. The number of benzene rings is 1. The number of nitrogens with zero attached hydrogens (tertiary/aromatic N) is 2. The van der Waals surface area contributed by atoms with E-state index in [-0.39, 0.29) is 5.41 Å². The summed E-state index contributed by atoms with van der Waals surface area (Å²) in [4.78, 5) is 17.2. The van der Waals surface area contributed by atoms with Gasteiger partial charge in [-0.1, -0.05) is 12.1 Å². The van der Waals surface area contributed by atoms with E-state index in [1.807, 2.05) is 0 Å². The number of amides is 1. The average Bonchev–Trinajstić information content (AvgIpc) is 2.98. The highest BCUT2D eigenvalue weighted by molar-refractivity contribution is 5.83. The summed E-state index contributed by atoms with van der Waals surface area (Å²) in [7, 11) is 0. The van der Waals surface area contributed by atoms with Crippen LogP contribution in [-0.2, 0) is 4.79 Å². The predicted molar refractivity (Wildman–Crippen MR) is 90.3 cm³/mol. The van der Waals surface area contributed by atoms with Gasteiger partial charge in [-0.25, -0.2) is 0 Å². The molecule has 2 heterocycles. The summed E-state index contributed by atoms with van der Waals surface area (Å²) in [5.74, 6) is 0.332. The Balaban J connectivity index is 1.65. The van der Waals surface area contributed by atoms with E-state index in [1.165, 1.54) is 16.8 Å². The van der Waals surface area contributed by atoms with Crippen molar-refractivity contribution >= 4 is 11.6 Å². The first-order valence-corrected chi connectivity index (χ1v) is 8.32. The average molecular weight is 301 g/mol. The van der Waals surface area contributed by atoms with Gasteiger partial charge in [0.1, 0.15) is 0 Å². The lowest BCUT2D eigenvalue weighted by atomic mass is 9.88. The number of piperazine rings is 1. The minimum Gasteiger partial charge on any atom is -0.368 e. The van der Waals surface area contributed by atoms with Gasteiger partial charge in [0.15, 0.2) is 0 Å². The van der Waals surface area contributed by atoms with E-state index in [2.05, 4.69) is 54.1 Å². The molecule has 2 fully saturated rings. The number of hydrogen-bond acceptors (Lipinski definition) is 3. The van der Waals surface area contributed by atoms with Crippen molar-refractivity contribution in [2.75, 3.05) is 44.2 Å². The normalized spacial score (nSPS) is 25.6. The zero-order valence-electron chi connectivity index (χ0n) is 14.0. The molecule has 1 amide bonds. The fourth-order valence-electron chi connectivity index (χ4n) is 3.61. The molecular weight excluding hydrogens is 274 g/mol. The highest BCUT2D eigenvalue weighted by Crippen LogP contribution is 2.29. The van der Waals surface area contributed by atoms with Crippen LogP contribution < -0.4 is 10.2 Å². The molecule has 2 aliphatic heterocycles. The number of carbonyl (C=O) groups excluding carboxylic acids is 1.